The normalized spacial score (nSPS) is 20.7. The summed E-state index contributed by atoms with van der Waals surface area (Å²) in [6.07, 6.45) is 5.94. The van der Waals surface area contributed by atoms with Crippen LogP contribution >= 0.6 is 11.3 Å². The topological polar surface area (TPSA) is 58.6 Å². The number of nitrogens with zero attached hydrogens (tertiary/aromatic N) is 4. The number of carbonyl (C=O) groups excluding carboxylic acids is 1. The van der Waals surface area contributed by atoms with Gasteiger partial charge in [-0.1, -0.05) is 13.0 Å². The molecule has 2 aromatic heterocycles. The van der Waals surface area contributed by atoms with Crippen LogP contribution in [-0.4, -0.2) is 54.1 Å². The number of hydrogen-bond acceptors (Lipinski definition) is 6. The van der Waals surface area contributed by atoms with Gasteiger partial charge in [0.05, 0.1) is 12.5 Å². The highest BCUT2D eigenvalue weighted by molar-refractivity contribution is 7.19. The third-order valence-electron chi connectivity index (χ3n) is 7.28. The fourth-order valence-corrected chi connectivity index (χ4v) is 6.54. The molecule has 33 heavy (non-hydrogen) atoms. The number of aromatic nitrogens is 2. The number of carbonyl (C=O) groups is 1. The van der Waals surface area contributed by atoms with Crippen molar-refractivity contribution in [2.45, 2.75) is 44.9 Å². The number of piperazine rings is 1. The second-order valence-corrected chi connectivity index (χ2v) is 10.8. The Morgan fingerprint density at radius 1 is 1.12 bits per heavy atom. The second kappa shape index (κ2) is 8.28. The van der Waals surface area contributed by atoms with E-state index in [-0.39, 0.29) is 5.91 Å². The van der Waals surface area contributed by atoms with E-state index in [4.69, 9.17) is 14.7 Å². The molecule has 1 aromatic carbocycles. The first-order valence-corrected chi connectivity index (χ1v) is 12.9. The van der Waals surface area contributed by atoms with Crippen LogP contribution in [-0.2, 0) is 12.8 Å². The third-order valence-corrected chi connectivity index (χ3v) is 8.43. The van der Waals surface area contributed by atoms with Gasteiger partial charge in [-0.3, -0.25) is 4.79 Å². The van der Waals surface area contributed by atoms with E-state index in [0.29, 0.717) is 30.3 Å². The molecule has 1 aliphatic heterocycles. The molecule has 0 N–H and O–H groups in total. The monoisotopic (exact) mass is 462 g/mol. The van der Waals surface area contributed by atoms with Crippen LogP contribution in [0.25, 0.3) is 10.2 Å². The summed E-state index contributed by atoms with van der Waals surface area (Å²) in [6, 6.07) is 7.43. The highest BCUT2D eigenvalue weighted by Gasteiger charge is 2.32. The van der Waals surface area contributed by atoms with Crippen LogP contribution in [0.5, 0.6) is 5.75 Å². The quantitative estimate of drug-likeness (QED) is 0.564. The SMILES string of the molecule is COc1cccc(C(=O)N2CCN(c3nc(C4CC4)nc4sc5c(c34)CCC(C)C5)CC2)c1. The summed E-state index contributed by atoms with van der Waals surface area (Å²) in [6.45, 7) is 5.35. The van der Waals surface area contributed by atoms with Gasteiger partial charge in [-0.25, -0.2) is 9.97 Å². The summed E-state index contributed by atoms with van der Waals surface area (Å²) in [5.74, 6) is 4.20. The summed E-state index contributed by atoms with van der Waals surface area (Å²) < 4.78 is 5.30. The van der Waals surface area contributed by atoms with Crippen molar-refractivity contribution in [3.63, 3.8) is 0 Å². The molecule has 1 unspecified atom stereocenters. The predicted molar refractivity (Wildman–Crippen MR) is 132 cm³/mol. The Kier molecular flexibility index (Phi) is 5.24. The lowest BCUT2D eigenvalue weighted by Gasteiger charge is -2.36. The van der Waals surface area contributed by atoms with Crippen LogP contribution in [0.2, 0.25) is 0 Å². The van der Waals surface area contributed by atoms with Gasteiger partial charge in [-0.05, 0) is 61.8 Å². The first kappa shape index (κ1) is 20.9. The first-order chi connectivity index (χ1) is 16.1. The Hall–Kier alpha value is -2.67. The fourth-order valence-electron chi connectivity index (χ4n) is 5.15. The Morgan fingerprint density at radius 3 is 2.70 bits per heavy atom. The number of fused-ring (bicyclic) bond motifs is 3. The van der Waals surface area contributed by atoms with Crippen LogP contribution in [0, 0.1) is 5.92 Å². The number of thiophene rings is 1. The van der Waals surface area contributed by atoms with E-state index in [1.165, 1.54) is 39.9 Å². The van der Waals surface area contributed by atoms with E-state index >= 15 is 0 Å². The molecule has 1 saturated carbocycles. The molecule has 1 amide bonds. The van der Waals surface area contributed by atoms with Gasteiger partial charge < -0.3 is 14.5 Å². The molecular weight excluding hydrogens is 432 g/mol. The molecule has 3 aliphatic rings. The molecule has 0 bridgehead atoms. The van der Waals surface area contributed by atoms with Crippen LogP contribution < -0.4 is 9.64 Å². The summed E-state index contributed by atoms with van der Waals surface area (Å²) in [5, 5.41) is 1.29. The van der Waals surface area contributed by atoms with E-state index in [2.05, 4.69) is 11.8 Å². The minimum atomic E-state index is 0.0713. The highest BCUT2D eigenvalue weighted by atomic mass is 32.1. The van der Waals surface area contributed by atoms with Crippen LogP contribution in [0.1, 0.15) is 58.7 Å². The zero-order chi connectivity index (χ0) is 22.5. The van der Waals surface area contributed by atoms with Gasteiger partial charge in [0.25, 0.3) is 5.91 Å². The summed E-state index contributed by atoms with van der Waals surface area (Å²) in [4.78, 5) is 30.3. The molecule has 7 heteroatoms. The van der Waals surface area contributed by atoms with Crippen molar-refractivity contribution in [1.82, 2.24) is 14.9 Å². The molecular formula is C26H30N4O2S. The minimum Gasteiger partial charge on any atom is -0.497 e. The second-order valence-electron chi connectivity index (χ2n) is 9.72. The van der Waals surface area contributed by atoms with Crippen molar-refractivity contribution in [3.8, 4) is 5.75 Å². The molecule has 1 saturated heterocycles. The summed E-state index contributed by atoms with van der Waals surface area (Å²) in [5.41, 5.74) is 2.17. The maximum atomic E-state index is 13.1. The minimum absolute atomic E-state index is 0.0713. The molecule has 3 heterocycles. The first-order valence-electron chi connectivity index (χ1n) is 12.1. The number of methoxy groups -OCH3 is 1. The number of ether oxygens (including phenoxy) is 1. The van der Waals surface area contributed by atoms with Gasteiger partial charge in [-0.2, -0.15) is 0 Å². The lowest BCUT2D eigenvalue weighted by Crippen LogP contribution is -2.49. The average molecular weight is 463 g/mol. The van der Waals surface area contributed by atoms with E-state index in [1.54, 1.807) is 7.11 Å². The number of anilines is 1. The lowest BCUT2D eigenvalue weighted by atomic mass is 9.89. The van der Waals surface area contributed by atoms with Gasteiger partial charge in [0.1, 0.15) is 22.2 Å². The van der Waals surface area contributed by atoms with Crippen molar-refractivity contribution in [3.05, 3.63) is 46.1 Å². The van der Waals surface area contributed by atoms with Gasteiger partial charge in [-0.15, -0.1) is 11.3 Å². The number of rotatable bonds is 4. The van der Waals surface area contributed by atoms with E-state index in [0.717, 1.165) is 43.5 Å². The molecule has 3 aromatic rings. The molecule has 172 valence electrons. The smallest absolute Gasteiger partial charge is 0.254 e. The Bertz CT molecular complexity index is 1210. The number of amides is 1. The average Bonchev–Trinajstić information content (AvgIpc) is 3.64. The van der Waals surface area contributed by atoms with Gasteiger partial charge in [0, 0.05) is 42.5 Å². The maximum Gasteiger partial charge on any atom is 0.254 e. The van der Waals surface area contributed by atoms with Crippen molar-refractivity contribution < 1.29 is 9.53 Å². The lowest BCUT2D eigenvalue weighted by molar-refractivity contribution is 0.0746. The van der Waals surface area contributed by atoms with Gasteiger partial charge in [0.2, 0.25) is 0 Å². The maximum absolute atomic E-state index is 13.1. The molecule has 6 rings (SSSR count). The Morgan fingerprint density at radius 2 is 1.94 bits per heavy atom. The summed E-state index contributed by atoms with van der Waals surface area (Å²) >= 11 is 1.89. The number of benzene rings is 1. The van der Waals surface area contributed by atoms with Crippen LogP contribution in [0.15, 0.2) is 24.3 Å². The van der Waals surface area contributed by atoms with Crippen molar-refractivity contribution in [1.29, 1.82) is 0 Å². The third kappa shape index (κ3) is 3.86. The molecule has 0 radical (unpaired) electrons. The van der Waals surface area contributed by atoms with E-state index in [1.807, 2.05) is 40.5 Å². The zero-order valence-corrected chi connectivity index (χ0v) is 20.2. The number of hydrogen-bond donors (Lipinski definition) is 0. The molecule has 0 spiro atoms. The van der Waals surface area contributed by atoms with Gasteiger partial charge >= 0.3 is 0 Å². The largest absolute Gasteiger partial charge is 0.497 e. The Balaban J connectivity index is 1.28. The zero-order valence-electron chi connectivity index (χ0n) is 19.3. The fraction of sp³-hybridized carbons (Fsp3) is 0.500. The van der Waals surface area contributed by atoms with E-state index in [9.17, 15) is 4.79 Å². The standard InChI is InChI=1S/C26H30N4O2S/c1-16-6-9-20-21(14-16)33-25-22(20)24(27-23(28-25)17-7-8-17)29-10-12-30(13-11-29)26(31)18-4-3-5-19(15-18)32-2/h3-5,15-17H,6-14H2,1-2H3. The van der Waals surface area contributed by atoms with Crippen molar-refractivity contribution >= 4 is 33.3 Å². The number of aryl methyl sites for hydroxylation is 1. The van der Waals surface area contributed by atoms with E-state index < -0.39 is 0 Å². The predicted octanol–water partition coefficient (Wildman–Crippen LogP) is 4.66. The highest BCUT2D eigenvalue weighted by Crippen LogP contribution is 2.44. The van der Waals surface area contributed by atoms with Crippen molar-refractivity contribution in [2.24, 2.45) is 5.92 Å². The van der Waals surface area contributed by atoms with Crippen molar-refractivity contribution in [2.75, 3.05) is 38.2 Å². The molecule has 2 aliphatic carbocycles. The molecule has 1 atom stereocenters. The Labute approximate surface area is 198 Å². The summed E-state index contributed by atoms with van der Waals surface area (Å²) in [7, 11) is 1.63. The molecule has 6 nitrogen and oxygen atoms in total. The molecule has 2 fully saturated rings. The van der Waals surface area contributed by atoms with Crippen LogP contribution in [0.4, 0.5) is 5.82 Å². The van der Waals surface area contributed by atoms with Gasteiger partial charge in [0.15, 0.2) is 0 Å². The van der Waals surface area contributed by atoms with Crippen LogP contribution in [0.3, 0.4) is 0 Å².